The van der Waals surface area contributed by atoms with Crippen molar-refractivity contribution in [3.8, 4) is 5.88 Å². The van der Waals surface area contributed by atoms with Gasteiger partial charge in [-0.1, -0.05) is 20.3 Å². The lowest BCUT2D eigenvalue weighted by Gasteiger charge is -2.28. The summed E-state index contributed by atoms with van der Waals surface area (Å²) in [5, 5.41) is 14.3. The molecule has 6 nitrogen and oxygen atoms in total. The van der Waals surface area contributed by atoms with Gasteiger partial charge < -0.3 is 10.1 Å². The van der Waals surface area contributed by atoms with E-state index in [1.807, 2.05) is 0 Å². The Hall–Kier alpha value is -1.85. The predicted molar refractivity (Wildman–Crippen MR) is 72.5 cm³/mol. The molecule has 1 fully saturated rings. The zero-order valence-corrected chi connectivity index (χ0v) is 11.5. The number of pyridine rings is 1. The van der Waals surface area contributed by atoms with Gasteiger partial charge in [-0.3, -0.25) is 10.1 Å². The highest BCUT2D eigenvalue weighted by Crippen LogP contribution is 2.40. The molecule has 0 radical (unpaired) electrons. The van der Waals surface area contributed by atoms with Crippen molar-refractivity contribution in [2.75, 3.05) is 12.4 Å². The summed E-state index contributed by atoms with van der Waals surface area (Å²) < 4.78 is 5.03. The normalized spacial score (nSPS) is 21.1. The van der Waals surface area contributed by atoms with Crippen molar-refractivity contribution in [1.29, 1.82) is 0 Å². The van der Waals surface area contributed by atoms with Gasteiger partial charge in [0.25, 0.3) is 0 Å². The molecule has 104 valence electrons. The lowest BCUT2D eigenvalue weighted by molar-refractivity contribution is -0.384. The van der Waals surface area contributed by atoms with Crippen LogP contribution >= 0.6 is 0 Å². The number of anilines is 1. The molecule has 1 atom stereocenters. The lowest BCUT2D eigenvalue weighted by atomic mass is 9.87. The van der Waals surface area contributed by atoms with Crippen molar-refractivity contribution in [3.05, 3.63) is 22.2 Å². The van der Waals surface area contributed by atoms with Crippen LogP contribution in [0.2, 0.25) is 0 Å². The molecule has 1 saturated carbocycles. The molecule has 0 saturated heterocycles. The Morgan fingerprint density at radius 2 is 2.26 bits per heavy atom. The first-order valence-electron chi connectivity index (χ1n) is 6.40. The van der Waals surface area contributed by atoms with E-state index >= 15 is 0 Å². The third-order valence-electron chi connectivity index (χ3n) is 3.82. The maximum atomic E-state index is 11.0. The van der Waals surface area contributed by atoms with Crippen molar-refractivity contribution >= 4 is 11.5 Å². The van der Waals surface area contributed by atoms with E-state index in [2.05, 4.69) is 24.1 Å². The Morgan fingerprint density at radius 1 is 1.53 bits per heavy atom. The highest BCUT2D eigenvalue weighted by atomic mass is 16.6. The summed E-state index contributed by atoms with van der Waals surface area (Å²) in [5.41, 5.74) is 0.113. The minimum Gasteiger partial charge on any atom is -0.481 e. The van der Waals surface area contributed by atoms with E-state index in [4.69, 9.17) is 4.74 Å². The molecule has 1 aliphatic rings. The second-order valence-electron chi connectivity index (χ2n) is 5.56. The Balaban J connectivity index is 2.29. The Morgan fingerprint density at radius 3 is 2.79 bits per heavy atom. The van der Waals surface area contributed by atoms with E-state index in [0.29, 0.717) is 11.7 Å². The topological polar surface area (TPSA) is 77.3 Å². The van der Waals surface area contributed by atoms with Crippen molar-refractivity contribution in [2.45, 2.75) is 39.2 Å². The van der Waals surface area contributed by atoms with Crippen LogP contribution in [0.1, 0.15) is 33.1 Å². The molecule has 6 heteroatoms. The van der Waals surface area contributed by atoms with Gasteiger partial charge in [-0.25, -0.2) is 0 Å². The van der Waals surface area contributed by atoms with Crippen LogP contribution in [0.3, 0.4) is 0 Å². The average molecular weight is 265 g/mol. The molecular formula is C13H19N3O3. The Labute approximate surface area is 112 Å². The van der Waals surface area contributed by atoms with Crippen LogP contribution in [0, 0.1) is 15.5 Å². The van der Waals surface area contributed by atoms with E-state index in [-0.39, 0.29) is 17.1 Å². The largest absolute Gasteiger partial charge is 0.481 e. The number of ether oxygens (including phenoxy) is 1. The van der Waals surface area contributed by atoms with Crippen LogP contribution in [0.4, 0.5) is 11.5 Å². The maximum Gasteiger partial charge on any atom is 0.311 e. The van der Waals surface area contributed by atoms with Crippen LogP contribution in [-0.4, -0.2) is 23.1 Å². The first-order valence-corrected chi connectivity index (χ1v) is 6.40. The molecule has 0 aromatic carbocycles. The first kappa shape index (κ1) is 13.6. The molecule has 1 aromatic rings. The molecule has 1 aromatic heterocycles. The van der Waals surface area contributed by atoms with Crippen LogP contribution in [0.5, 0.6) is 5.88 Å². The monoisotopic (exact) mass is 265 g/mol. The van der Waals surface area contributed by atoms with E-state index < -0.39 is 4.92 Å². The number of nitrogens with zero attached hydrogens (tertiary/aromatic N) is 2. The Kier molecular flexibility index (Phi) is 3.59. The molecular weight excluding hydrogens is 246 g/mol. The zero-order chi connectivity index (χ0) is 14.0. The molecule has 0 aliphatic heterocycles. The third-order valence-corrected chi connectivity index (χ3v) is 3.82. The number of methoxy groups -OCH3 is 1. The maximum absolute atomic E-state index is 11.0. The lowest BCUT2D eigenvalue weighted by Crippen LogP contribution is -2.31. The number of hydrogen-bond donors (Lipinski definition) is 1. The van der Waals surface area contributed by atoms with Crippen molar-refractivity contribution < 1.29 is 9.66 Å². The number of nitrogens with one attached hydrogen (secondary N) is 1. The van der Waals surface area contributed by atoms with Gasteiger partial charge >= 0.3 is 5.69 Å². The molecule has 0 amide bonds. The third kappa shape index (κ3) is 2.77. The summed E-state index contributed by atoms with van der Waals surface area (Å²) in [4.78, 5) is 14.8. The van der Waals surface area contributed by atoms with Crippen molar-refractivity contribution in [3.63, 3.8) is 0 Å². The number of aromatic nitrogens is 1. The minimum atomic E-state index is -0.420. The SMILES string of the molecule is COc1ccc([N+](=O)[O-])c(NC2CCCC2(C)C)n1. The van der Waals surface area contributed by atoms with Crippen LogP contribution in [-0.2, 0) is 0 Å². The van der Waals surface area contributed by atoms with Crippen LogP contribution in [0.15, 0.2) is 12.1 Å². The summed E-state index contributed by atoms with van der Waals surface area (Å²) >= 11 is 0. The quantitative estimate of drug-likeness (QED) is 0.669. The standard InChI is InChI=1S/C13H19N3O3/c1-13(2)8-4-5-10(13)14-12-9(16(17)18)6-7-11(15-12)19-3/h6-7,10H,4-5,8H2,1-3H3,(H,14,15). The molecule has 1 unspecified atom stereocenters. The van der Waals surface area contributed by atoms with Crippen LogP contribution in [0.25, 0.3) is 0 Å². The predicted octanol–water partition coefficient (Wildman–Crippen LogP) is 2.99. The summed E-state index contributed by atoms with van der Waals surface area (Å²) in [6, 6.07) is 3.13. The van der Waals surface area contributed by atoms with Gasteiger partial charge in [0.05, 0.1) is 12.0 Å². The fourth-order valence-electron chi connectivity index (χ4n) is 2.56. The summed E-state index contributed by atoms with van der Waals surface area (Å²) in [6.07, 6.45) is 3.24. The molecule has 2 rings (SSSR count). The average Bonchev–Trinajstić information content (AvgIpc) is 2.68. The fraction of sp³-hybridized carbons (Fsp3) is 0.615. The summed E-state index contributed by atoms with van der Waals surface area (Å²) in [6.45, 7) is 4.34. The van der Waals surface area contributed by atoms with Crippen molar-refractivity contribution in [2.24, 2.45) is 5.41 Å². The van der Waals surface area contributed by atoms with Gasteiger partial charge in [0, 0.05) is 18.2 Å². The van der Waals surface area contributed by atoms with Gasteiger partial charge in [0.2, 0.25) is 11.7 Å². The highest BCUT2D eigenvalue weighted by molar-refractivity contribution is 5.57. The van der Waals surface area contributed by atoms with E-state index in [1.165, 1.54) is 19.2 Å². The fourth-order valence-corrected chi connectivity index (χ4v) is 2.56. The van der Waals surface area contributed by atoms with Crippen molar-refractivity contribution in [1.82, 2.24) is 4.98 Å². The van der Waals surface area contributed by atoms with E-state index in [0.717, 1.165) is 19.3 Å². The molecule has 0 spiro atoms. The second kappa shape index (κ2) is 5.03. The second-order valence-corrected chi connectivity index (χ2v) is 5.56. The van der Waals surface area contributed by atoms with Gasteiger partial charge in [0.1, 0.15) is 0 Å². The van der Waals surface area contributed by atoms with Crippen LogP contribution < -0.4 is 10.1 Å². The molecule has 1 heterocycles. The van der Waals surface area contributed by atoms with E-state index in [9.17, 15) is 10.1 Å². The van der Waals surface area contributed by atoms with Gasteiger partial charge in [-0.2, -0.15) is 4.98 Å². The molecule has 19 heavy (non-hydrogen) atoms. The van der Waals surface area contributed by atoms with Gasteiger partial charge in [-0.15, -0.1) is 0 Å². The summed E-state index contributed by atoms with van der Waals surface area (Å²) in [7, 11) is 1.50. The zero-order valence-electron chi connectivity index (χ0n) is 11.5. The first-order chi connectivity index (χ1) is 8.94. The number of rotatable bonds is 4. The minimum absolute atomic E-state index is 0.0106. The van der Waals surface area contributed by atoms with Gasteiger partial charge in [-0.05, 0) is 18.3 Å². The van der Waals surface area contributed by atoms with Gasteiger partial charge in [0.15, 0.2) is 0 Å². The molecule has 1 N–H and O–H groups in total. The molecule has 1 aliphatic carbocycles. The number of nitro groups is 1. The number of hydrogen-bond acceptors (Lipinski definition) is 5. The summed E-state index contributed by atoms with van der Waals surface area (Å²) in [5.74, 6) is 0.674. The molecule has 0 bridgehead atoms. The smallest absolute Gasteiger partial charge is 0.311 e. The Bertz CT molecular complexity index is 488. The highest BCUT2D eigenvalue weighted by Gasteiger charge is 2.35. The van der Waals surface area contributed by atoms with E-state index in [1.54, 1.807) is 0 Å².